The van der Waals surface area contributed by atoms with Crippen LogP contribution in [0.25, 0.3) is 0 Å². The highest BCUT2D eigenvalue weighted by Gasteiger charge is 2.52. The Hall–Kier alpha value is -2.11. The first kappa shape index (κ1) is 13.9. The van der Waals surface area contributed by atoms with Gasteiger partial charge in [0, 0.05) is 0 Å². The number of fused-ring (bicyclic) bond motifs is 1. The van der Waals surface area contributed by atoms with E-state index in [1.165, 1.54) is 17.0 Å². The summed E-state index contributed by atoms with van der Waals surface area (Å²) in [7, 11) is 0. The third-order valence-electron chi connectivity index (χ3n) is 4.59. The fourth-order valence-corrected chi connectivity index (χ4v) is 3.42. The zero-order valence-electron chi connectivity index (χ0n) is 11.7. The topological polar surface area (TPSA) is 87.8 Å². The molecule has 0 spiro atoms. The lowest BCUT2D eigenvalue weighted by Gasteiger charge is -2.16. The van der Waals surface area contributed by atoms with E-state index in [9.17, 15) is 14.4 Å². The van der Waals surface area contributed by atoms with Gasteiger partial charge in [0.05, 0.1) is 18.4 Å². The molecule has 2 unspecified atom stereocenters. The molecule has 112 valence electrons. The van der Waals surface area contributed by atoms with Crippen LogP contribution in [0.1, 0.15) is 42.5 Å². The molecular weight excluding hydrogens is 274 g/mol. The Labute approximate surface area is 121 Å². The molecule has 2 fully saturated rings. The van der Waals surface area contributed by atoms with Gasteiger partial charge >= 0.3 is 5.97 Å². The second-order valence-corrected chi connectivity index (χ2v) is 5.79. The normalized spacial score (nSPS) is 28.2. The first-order valence-corrected chi connectivity index (χ1v) is 7.18. The van der Waals surface area contributed by atoms with Gasteiger partial charge < -0.3 is 9.52 Å². The van der Waals surface area contributed by atoms with E-state index in [1.807, 2.05) is 0 Å². The predicted molar refractivity (Wildman–Crippen MR) is 71.2 cm³/mol. The zero-order chi connectivity index (χ0) is 15.1. The largest absolute Gasteiger partial charge is 0.475 e. The van der Waals surface area contributed by atoms with Crippen LogP contribution in [-0.2, 0) is 16.1 Å². The molecule has 0 bridgehead atoms. The zero-order valence-corrected chi connectivity index (χ0v) is 11.7. The van der Waals surface area contributed by atoms with Crippen LogP contribution >= 0.6 is 0 Å². The lowest BCUT2D eigenvalue weighted by molar-refractivity contribution is -0.141. The van der Waals surface area contributed by atoms with Gasteiger partial charge in [0.15, 0.2) is 0 Å². The van der Waals surface area contributed by atoms with E-state index in [0.29, 0.717) is 11.7 Å². The van der Waals surface area contributed by atoms with Crippen LogP contribution in [0.5, 0.6) is 0 Å². The van der Waals surface area contributed by atoms with Crippen LogP contribution in [0.2, 0.25) is 0 Å². The highest BCUT2D eigenvalue weighted by molar-refractivity contribution is 6.05. The summed E-state index contributed by atoms with van der Waals surface area (Å²) in [5.41, 5.74) is 0. The highest BCUT2D eigenvalue weighted by atomic mass is 16.4. The number of carboxylic acid groups (broad SMARTS) is 1. The number of carboxylic acids is 1. The molecule has 6 nitrogen and oxygen atoms in total. The average Bonchev–Trinajstić information content (AvgIpc) is 3.13. The maximum Gasteiger partial charge on any atom is 0.371 e. The number of likely N-dealkylation sites (tertiary alicyclic amines) is 1. The number of nitrogens with zero attached hydrogens (tertiary/aromatic N) is 1. The van der Waals surface area contributed by atoms with Gasteiger partial charge in [-0.15, -0.1) is 0 Å². The molecule has 2 amide bonds. The lowest BCUT2D eigenvalue weighted by atomic mass is 10.00. The molecule has 2 heterocycles. The standard InChI is InChI=1S/C15H17NO5/c1-2-8-5-10-11(6-8)14(18)16(13(10)17)7-9-3-4-12(21-9)15(19)20/h3-4,8,10-11H,2,5-7H2,1H3,(H,19,20). The molecule has 6 heteroatoms. The molecule has 1 N–H and O–H groups in total. The van der Waals surface area contributed by atoms with Crippen LogP contribution in [0, 0.1) is 17.8 Å². The summed E-state index contributed by atoms with van der Waals surface area (Å²) in [6.45, 7) is 2.10. The minimum atomic E-state index is -1.16. The van der Waals surface area contributed by atoms with Crippen LogP contribution in [0.3, 0.4) is 0 Å². The Bertz CT molecular complexity index is 581. The van der Waals surface area contributed by atoms with Gasteiger partial charge in [0.2, 0.25) is 17.6 Å². The Morgan fingerprint density at radius 2 is 1.90 bits per heavy atom. The van der Waals surface area contributed by atoms with Crippen molar-refractivity contribution in [3.8, 4) is 0 Å². The van der Waals surface area contributed by atoms with Crippen molar-refractivity contribution in [2.24, 2.45) is 17.8 Å². The first-order chi connectivity index (χ1) is 10.0. The number of rotatable bonds is 4. The third-order valence-corrected chi connectivity index (χ3v) is 4.59. The first-order valence-electron chi connectivity index (χ1n) is 7.18. The Kier molecular flexibility index (Phi) is 3.31. The van der Waals surface area contributed by atoms with Crippen molar-refractivity contribution >= 4 is 17.8 Å². The average molecular weight is 291 g/mol. The molecule has 2 atom stereocenters. The second kappa shape index (κ2) is 5.02. The van der Waals surface area contributed by atoms with Crippen LogP contribution < -0.4 is 0 Å². The number of imide groups is 1. The summed E-state index contributed by atoms with van der Waals surface area (Å²) in [5.74, 6) is -1.26. The number of hydrogen-bond donors (Lipinski definition) is 1. The van der Waals surface area contributed by atoms with Crippen molar-refractivity contribution in [1.82, 2.24) is 4.90 Å². The molecule has 21 heavy (non-hydrogen) atoms. The second-order valence-electron chi connectivity index (χ2n) is 5.79. The summed E-state index contributed by atoms with van der Waals surface area (Å²) in [6, 6.07) is 2.82. The minimum absolute atomic E-state index is 0.0226. The van der Waals surface area contributed by atoms with Crippen molar-refractivity contribution in [3.63, 3.8) is 0 Å². The molecule has 0 radical (unpaired) electrons. The fourth-order valence-electron chi connectivity index (χ4n) is 3.42. The molecule has 3 rings (SSSR count). The van der Waals surface area contributed by atoms with E-state index >= 15 is 0 Å². The fraction of sp³-hybridized carbons (Fsp3) is 0.533. The number of aromatic carboxylic acids is 1. The van der Waals surface area contributed by atoms with Gasteiger partial charge in [-0.25, -0.2) is 4.79 Å². The molecule has 2 aliphatic rings. The molecule has 1 saturated heterocycles. The monoisotopic (exact) mass is 291 g/mol. The van der Waals surface area contributed by atoms with E-state index in [4.69, 9.17) is 9.52 Å². The van der Waals surface area contributed by atoms with Crippen molar-refractivity contribution in [2.75, 3.05) is 0 Å². The third kappa shape index (κ3) is 2.24. The van der Waals surface area contributed by atoms with Crippen LogP contribution in [-0.4, -0.2) is 27.8 Å². The smallest absolute Gasteiger partial charge is 0.371 e. The number of furan rings is 1. The maximum absolute atomic E-state index is 12.4. The summed E-state index contributed by atoms with van der Waals surface area (Å²) in [5, 5.41) is 8.81. The van der Waals surface area contributed by atoms with E-state index in [1.54, 1.807) is 0 Å². The van der Waals surface area contributed by atoms with Crippen molar-refractivity contribution < 1.29 is 23.9 Å². The van der Waals surface area contributed by atoms with Gasteiger partial charge in [-0.1, -0.05) is 13.3 Å². The van der Waals surface area contributed by atoms with Crippen LogP contribution in [0.15, 0.2) is 16.5 Å². The number of hydrogen-bond acceptors (Lipinski definition) is 4. The molecular formula is C15H17NO5. The van der Waals surface area contributed by atoms with Crippen molar-refractivity contribution in [2.45, 2.75) is 32.7 Å². The highest BCUT2D eigenvalue weighted by Crippen LogP contribution is 2.44. The van der Waals surface area contributed by atoms with Crippen molar-refractivity contribution in [1.29, 1.82) is 0 Å². The predicted octanol–water partition coefficient (Wildman–Crippen LogP) is 1.90. The minimum Gasteiger partial charge on any atom is -0.475 e. The summed E-state index contributed by atoms with van der Waals surface area (Å²) in [4.78, 5) is 36.7. The van der Waals surface area contributed by atoms with E-state index in [-0.39, 0.29) is 36.0 Å². The van der Waals surface area contributed by atoms with Crippen LogP contribution in [0.4, 0.5) is 0 Å². The van der Waals surface area contributed by atoms with Gasteiger partial charge in [-0.2, -0.15) is 0 Å². The summed E-state index contributed by atoms with van der Waals surface area (Å²) in [6.07, 6.45) is 2.55. The lowest BCUT2D eigenvalue weighted by Crippen LogP contribution is -2.31. The summed E-state index contributed by atoms with van der Waals surface area (Å²) >= 11 is 0. The number of carbonyl (C=O) groups is 3. The van der Waals surface area contributed by atoms with Gasteiger partial charge in [0.25, 0.3) is 0 Å². The Morgan fingerprint density at radius 1 is 1.29 bits per heavy atom. The number of carbonyl (C=O) groups excluding carboxylic acids is 2. The Morgan fingerprint density at radius 3 is 2.38 bits per heavy atom. The molecule has 0 aromatic carbocycles. The van der Waals surface area contributed by atoms with Gasteiger partial charge in [0.1, 0.15) is 5.76 Å². The van der Waals surface area contributed by atoms with E-state index < -0.39 is 5.97 Å². The molecule has 1 saturated carbocycles. The van der Waals surface area contributed by atoms with Crippen molar-refractivity contribution in [3.05, 3.63) is 23.7 Å². The van der Waals surface area contributed by atoms with Gasteiger partial charge in [-0.3, -0.25) is 14.5 Å². The summed E-state index contributed by atoms with van der Waals surface area (Å²) < 4.78 is 5.12. The van der Waals surface area contributed by atoms with E-state index in [0.717, 1.165) is 19.3 Å². The van der Waals surface area contributed by atoms with E-state index in [2.05, 4.69) is 6.92 Å². The SMILES string of the molecule is CCC1CC2C(=O)N(Cc3ccc(C(=O)O)o3)C(=O)C2C1. The molecule has 1 aliphatic heterocycles. The number of amides is 2. The quantitative estimate of drug-likeness (QED) is 0.856. The molecule has 1 aromatic heterocycles. The maximum atomic E-state index is 12.4. The van der Waals surface area contributed by atoms with Gasteiger partial charge in [-0.05, 0) is 30.9 Å². The Balaban J connectivity index is 1.74. The molecule has 1 aliphatic carbocycles. The molecule has 1 aromatic rings.